The van der Waals surface area contributed by atoms with Gasteiger partial charge < -0.3 is 9.47 Å². The van der Waals surface area contributed by atoms with Crippen LogP contribution >= 0.6 is 0 Å². The van der Waals surface area contributed by atoms with Crippen LogP contribution in [-0.4, -0.2) is 24.8 Å². The zero-order valence-corrected chi connectivity index (χ0v) is 11.1. The second-order valence-electron chi connectivity index (χ2n) is 5.70. The molecule has 1 aliphatic rings. The number of hydrogen-bond acceptors (Lipinski definition) is 3. The number of ether oxygens (including phenoxy) is 2. The Morgan fingerprint density at radius 1 is 1.44 bits per heavy atom. The van der Waals surface area contributed by atoms with Crippen LogP contribution in [0.2, 0.25) is 0 Å². The van der Waals surface area contributed by atoms with Crippen LogP contribution in [0, 0.1) is 11.3 Å². The topological polar surface area (TPSA) is 38.8 Å². The minimum Gasteiger partial charge on any atom is -0.466 e. The molecule has 1 aliphatic heterocycles. The molecule has 1 heterocycles. The molecule has 1 fully saturated rings. The van der Waals surface area contributed by atoms with Gasteiger partial charge in [-0.2, -0.15) is 0 Å². The summed E-state index contributed by atoms with van der Waals surface area (Å²) in [7, 11) is 0. The maximum absolute atomic E-state index is 11.4. The average molecular weight is 228 g/mol. The fraction of sp³-hybridized carbons (Fsp3) is 0.923. The minimum absolute atomic E-state index is 0.105. The van der Waals surface area contributed by atoms with Gasteiger partial charge >= 0.3 is 5.97 Å². The van der Waals surface area contributed by atoms with Crippen molar-refractivity contribution in [3.05, 3.63) is 0 Å². The molecule has 1 rings (SSSR count). The molecule has 1 saturated heterocycles. The van der Waals surface area contributed by atoms with Crippen molar-refractivity contribution in [1.82, 2.24) is 0 Å². The summed E-state index contributed by atoms with van der Waals surface area (Å²) in [5.74, 6) is 0.527. The molecule has 3 nitrogen and oxygen atoms in total. The molecular weight excluding hydrogens is 204 g/mol. The van der Waals surface area contributed by atoms with Crippen LogP contribution in [0.3, 0.4) is 0 Å². The summed E-state index contributed by atoms with van der Waals surface area (Å²) in [4.78, 5) is 11.4. The third-order valence-electron chi connectivity index (χ3n) is 2.96. The Balaban J connectivity index is 2.38. The molecule has 0 aromatic heterocycles. The number of epoxide rings is 1. The molecule has 0 spiro atoms. The van der Waals surface area contributed by atoms with E-state index in [4.69, 9.17) is 9.47 Å². The van der Waals surface area contributed by atoms with Gasteiger partial charge in [-0.05, 0) is 19.3 Å². The highest BCUT2D eigenvalue weighted by Crippen LogP contribution is 2.43. The summed E-state index contributed by atoms with van der Waals surface area (Å²) < 4.78 is 10.6. The molecule has 94 valence electrons. The highest BCUT2D eigenvalue weighted by molar-refractivity contribution is 5.70. The molecule has 2 unspecified atom stereocenters. The van der Waals surface area contributed by atoms with Gasteiger partial charge in [0.15, 0.2) is 0 Å². The SMILES string of the molecule is CCOC(=O)CC(C)(C)C1OC1CC(C)C. The molecular formula is C13H24O3. The zero-order chi connectivity index (χ0) is 12.3. The van der Waals surface area contributed by atoms with E-state index < -0.39 is 0 Å². The predicted molar refractivity (Wildman–Crippen MR) is 63.1 cm³/mol. The summed E-state index contributed by atoms with van der Waals surface area (Å²) in [6.07, 6.45) is 2.08. The van der Waals surface area contributed by atoms with Crippen molar-refractivity contribution in [2.75, 3.05) is 6.61 Å². The van der Waals surface area contributed by atoms with Crippen molar-refractivity contribution in [2.24, 2.45) is 11.3 Å². The smallest absolute Gasteiger partial charge is 0.306 e. The van der Waals surface area contributed by atoms with E-state index in [1.807, 2.05) is 6.92 Å². The fourth-order valence-corrected chi connectivity index (χ4v) is 2.16. The zero-order valence-electron chi connectivity index (χ0n) is 11.1. The highest BCUT2D eigenvalue weighted by atomic mass is 16.6. The van der Waals surface area contributed by atoms with E-state index in [0.29, 0.717) is 25.0 Å². The lowest BCUT2D eigenvalue weighted by Crippen LogP contribution is -2.26. The van der Waals surface area contributed by atoms with Gasteiger partial charge in [-0.25, -0.2) is 0 Å². The van der Waals surface area contributed by atoms with Gasteiger partial charge in [0.1, 0.15) is 0 Å². The Morgan fingerprint density at radius 2 is 2.06 bits per heavy atom. The predicted octanol–water partition coefficient (Wildman–Crippen LogP) is 2.78. The van der Waals surface area contributed by atoms with Gasteiger partial charge in [0.25, 0.3) is 0 Å². The maximum Gasteiger partial charge on any atom is 0.306 e. The molecule has 0 N–H and O–H groups in total. The first kappa shape index (κ1) is 13.5. The van der Waals surface area contributed by atoms with E-state index in [1.54, 1.807) is 0 Å². The Bertz CT molecular complexity index is 246. The summed E-state index contributed by atoms with van der Waals surface area (Å²) in [5, 5.41) is 0. The molecule has 16 heavy (non-hydrogen) atoms. The van der Waals surface area contributed by atoms with E-state index in [-0.39, 0.29) is 17.5 Å². The van der Waals surface area contributed by atoms with Crippen LogP contribution in [-0.2, 0) is 14.3 Å². The van der Waals surface area contributed by atoms with Crippen molar-refractivity contribution in [3.63, 3.8) is 0 Å². The van der Waals surface area contributed by atoms with Crippen molar-refractivity contribution in [1.29, 1.82) is 0 Å². The molecule has 0 aliphatic carbocycles. The van der Waals surface area contributed by atoms with Crippen LogP contribution < -0.4 is 0 Å². The summed E-state index contributed by atoms with van der Waals surface area (Å²) >= 11 is 0. The second-order valence-corrected chi connectivity index (χ2v) is 5.70. The van der Waals surface area contributed by atoms with Crippen LogP contribution in [0.25, 0.3) is 0 Å². The molecule has 0 aromatic rings. The molecule has 2 atom stereocenters. The Kier molecular flexibility index (Phi) is 4.36. The monoisotopic (exact) mass is 228 g/mol. The molecule has 0 radical (unpaired) electrons. The number of carbonyl (C=O) groups excluding carboxylic acids is 1. The summed E-state index contributed by atoms with van der Waals surface area (Å²) in [5.41, 5.74) is -0.105. The average Bonchev–Trinajstić information content (AvgIpc) is 2.82. The van der Waals surface area contributed by atoms with Gasteiger partial charge in [-0.15, -0.1) is 0 Å². The van der Waals surface area contributed by atoms with E-state index in [9.17, 15) is 4.79 Å². The second kappa shape index (κ2) is 5.17. The van der Waals surface area contributed by atoms with Gasteiger partial charge in [0.2, 0.25) is 0 Å². The fourth-order valence-electron chi connectivity index (χ4n) is 2.16. The third kappa shape index (κ3) is 3.78. The first-order chi connectivity index (χ1) is 7.36. The van der Waals surface area contributed by atoms with Gasteiger partial charge in [-0.1, -0.05) is 27.7 Å². The van der Waals surface area contributed by atoms with Crippen LogP contribution in [0.15, 0.2) is 0 Å². The third-order valence-corrected chi connectivity index (χ3v) is 2.96. The molecule has 0 aromatic carbocycles. The van der Waals surface area contributed by atoms with Gasteiger partial charge in [0.05, 0.1) is 25.2 Å². The van der Waals surface area contributed by atoms with Crippen molar-refractivity contribution < 1.29 is 14.3 Å². The number of carbonyl (C=O) groups is 1. The number of rotatable bonds is 6. The highest BCUT2D eigenvalue weighted by Gasteiger charge is 2.50. The lowest BCUT2D eigenvalue weighted by molar-refractivity contribution is -0.145. The van der Waals surface area contributed by atoms with E-state index >= 15 is 0 Å². The van der Waals surface area contributed by atoms with Crippen molar-refractivity contribution in [2.45, 2.75) is 59.7 Å². The summed E-state index contributed by atoms with van der Waals surface area (Å²) in [6.45, 7) is 10.8. The Hall–Kier alpha value is -0.570. The van der Waals surface area contributed by atoms with Crippen LogP contribution in [0.1, 0.15) is 47.5 Å². The standard InChI is InChI=1S/C13H24O3/c1-6-15-11(14)8-13(4,5)12-10(16-12)7-9(2)3/h9-10,12H,6-8H2,1-5H3. The number of hydrogen-bond donors (Lipinski definition) is 0. The quantitative estimate of drug-likeness (QED) is 0.518. The van der Waals surface area contributed by atoms with Gasteiger partial charge in [0, 0.05) is 5.41 Å². The van der Waals surface area contributed by atoms with E-state index in [1.165, 1.54) is 0 Å². The van der Waals surface area contributed by atoms with E-state index in [0.717, 1.165) is 6.42 Å². The maximum atomic E-state index is 11.4. The largest absolute Gasteiger partial charge is 0.466 e. The van der Waals surface area contributed by atoms with Crippen molar-refractivity contribution >= 4 is 5.97 Å². The van der Waals surface area contributed by atoms with Gasteiger partial charge in [-0.3, -0.25) is 4.79 Å². The summed E-state index contributed by atoms with van der Waals surface area (Å²) in [6, 6.07) is 0. The number of esters is 1. The first-order valence-corrected chi connectivity index (χ1v) is 6.18. The molecule has 3 heteroatoms. The molecule has 0 bridgehead atoms. The van der Waals surface area contributed by atoms with Crippen LogP contribution in [0.5, 0.6) is 0 Å². The van der Waals surface area contributed by atoms with Crippen molar-refractivity contribution in [3.8, 4) is 0 Å². The minimum atomic E-state index is -0.119. The lowest BCUT2D eigenvalue weighted by atomic mass is 9.83. The Labute approximate surface area is 98.5 Å². The Morgan fingerprint density at radius 3 is 2.56 bits per heavy atom. The molecule has 0 saturated carbocycles. The van der Waals surface area contributed by atoms with E-state index in [2.05, 4.69) is 27.7 Å². The van der Waals surface area contributed by atoms with Crippen LogP contribution in [0.4, 0.5) is 0 Å². The normalized spacial score (nSPS) is 24.6. The molecule has 0 amide bonds. The first-order valence-electron chi connectivity index (χ1n) is 6.18. The lowest BCUT2D eigenvalue weighted by Gasteiger charge is -2.21.